The minimum atomic E-state index is 0.635. The second kappa shape index (κ2) is 3.99. The highest BCUT2D eigenvalue weighted by Crippen LogP contribution is 2.30. The maximum absolute atomic E-state index is 2.32. The molecule has 74 valence electrons. The first-order valence-electron chi connectivity index (χ1n) is 5.14. The van der Waals surface area contributed by atoms with Crippen LogP contribution >= 0.6 is 0 Å². The third-order valence-corrected chi connectivity index (χ3v) is 2.65. The molecule has 0 radical (unpaired) electrons. The molecule has 1 rings (SSSR count). The molecule has 0 bridgehead atoms. The van der Waals surface area contributed by atoms with Crippen LogP contribution in [0.25, 0.3) is 0 Å². The van der Waals surface area contributed by atoms with Gasteiger partial charge in [-0.25, -0.2) is 0 Å². The molecule has 1 heteroatoms. The van der Waals surface area contributed by atoms with Crippen LogP contribution in [0.15, 0.2) is 24.0 Å². The third-order valence-electron chi connectivity index (χ3n) is 2.65. The first-order valence-corrected chi connectivity index (χ1v) is 5.14. The number of hydrogen-bond donors (Lipinski definition) is 0. The van der Waals surface area contributed by atoms with E-state index in [2.05, 4.69) is 58.1 Å². The van der Waals surface area contributed by atoms with Crippen molar-refractivity contribution in [1.29, 1.82) is 0 Å². The first kappa shape index (κ1) is 10.4. The molecule has 0 spiro atoms. The van der Waals surface area contributed by atoms with Crippen LogP contribution in [0.3, 0.4) is 0 Å². The molecular weight excluding hydrogens is 158 g/mol. The van der Waals surface area contributed by atoms with Crippen LogP contribution in [0, 0.1) is 17.8 Å². The van der Waals surface area contributed by atoms with Crippen molar-refractivity contribution in [2.45, 2.75) is 27.7 Å². The number of allylic oxidation sites excluding steroid dienone is 2. The largest absolute Gasteiger partial charge is 0.358 e. The molecule has 1 aliphatic rings. The topological polar surface area (TPSA) is 3.24 Å². The normalized spacial score (nSPS) is 22.8. The number of rotatable bonds is 2. The van der Waals surface area contributed by atoms with Crippen LogP contribution in [-0.4, -0.2) is 11.9 Å². The predicted molar refractivity (Wildman–Crippen MR) is 58.2 cm³/mol. The summed E-state index contributed by atoms with van der Waals surface area (Å²) in [5, 5.41) is 0. The van der Waals surface area contributed by atoms with Gasteiger partial charge in [-0.2, -0.15) is 0 Å². The zero-order valence-corrected chi connectivity index (χ0v) is 9.41. The van der Waals surface area contributed by atoms with Gasteiger partial charge in [-0.1, -0.05) is 33.8 Å². The highest BCUT2D eigenvalue weighted by atomic mass is 15.1. The zero-order valence-electron chi connectivity index (χ0n) is 9.41. The molecule has 0 aliphatic carbocycles. The van der Waals surface area contributed by atoms with E-state index in [1.165, 1.54) is 0 Å². The van der Waals surface area contributed by atoms with Gasteiger partial charge in [0, 0.05) is 19.2 Å². The minimum absolute atomic E-state index is 0.635. The molecule has 1 atom stereocenters. The molecular formula is C12H21N. The Morgan fingerprint density at radius 2 is 1.85 bits per heavy atom. The molecule has 0 aromatic rings. The van der Waals surface area contributed by atoms with Gasteiger partial charge in [0.05, 0.1) is 0 Å². The second-order valence-corrected chi connectivity index (χ2v) is 4.56. The molecule has 0 saturated heterocycles. The maximum atomic E-state index is 2.32. The fraction of sp³-hybridized carbons (Fsp3) is 0.667. The van der Waals surface area contributed by atoms with Crippen LogP contribution in [0.5, 0.6) is 0 Å². The Morgan fingerprint density at radius 1 is 1.23 bits per heavy atom. The monoisotopic (exact) mass is 179 g/mol. The lowest BCUT2D eigenvalue weighted by Gasteiger charge is -2.29. The van der Waals surface area contributed by atoms with E-state index >= 15 is 0 Å². The van der Waals surface area contributed by atoms with Crippen molar-refractivity contribution in [3.63, 3.8) is 0 Å². The zero-order chi connectivity index (χ0) is 10.0. The summed E-state index contributed by atoms with van der Waals surface area (Å²) >= 11 is 0. The van der Waals surface area contributed by atoms with Gasteiger partial charge in [0.15, 0.2) is 0 Å². The van der Waals surface area contributed by atoms with Gasteiger partial charge in [0.2, 0.25) is 0 Å². The molecule has 1 nitrogen and oxygen atoms in total. The molecule has 1 unspecified atom stereocenters. The SMILES string of the molecule is CC(C)C1=CN(C)C=CC1C(C)C. The molecule has 0 amide bonds. The molecule has 0 fully saturated rings. The Labute approximate surface area is 82.1 Å². The smallest absolute Gasteiger partial charge is 0.0106 e. The summed E-state index contributed by atoms with van der Waals surface area (Å²) in [5.41, 5.74) is 1.56. The molecule has 0 N–H and O–H groups in total. The van der Waals surface area contributed by atoms with E-state index in [4.69, 9.17) is 0 Å². The molecule has 0 aromatic carbocycles. The number of hydrogen-bond acceptors (Lipinski definition) is 1. The number of nitrogens with zero attached hydrogens (tertiary/aromatic N) is 1. The van der Waals surface area contributed by atoms with E-state index in [9.17, 15) is 0 Å². The highest BCUT2D eigenvalue weighted by molar-refractivity contribution is 5.20. The van der Waals surface area contributed by atoms with Gasteiger partial charge in [0.25, 0.3) is 0 Å². The van der Waals surface area contributed by atoms with Crippen molar-refractivity contribution < 1.29 is 0 Å². The van der Waals surface area contributed by atoms with Gasteiger partial charge in [-0.05, 0) is 23.6 Å². The average molecular weight is 179 g/mol. The Hall–Kier alpha value is -0.720. The maximum Gasteiger partial charge on any atom is 0.0106 e. The molecule has 13 heavy (non-hydrogen) atoms. The van der Waals surface area contributed by atoms with E-state index in [-0.39, 0.29) is 0 Å². The molecule has 1 heterocycles. The first-order chi connectivity index (χ1) is 6.02. The second-order valence-electron chi connectivity index (χ2n) is 4.56. The van der Waals surface area contributed by atoms with E-state index in [0.29, 0.717) is 17.8 Å². The standard InChI is InChI=1S/C12H21N/c1-9(2)11-6-7-13(5)8-12(11)10(3)4/h6-11H,1-5H3. The fourth-order valence-electron chi connectivity index (χ4n) is 1.84. The Balaban J connectivity index is 2.85. The van der Waals surface area contributed by atoms with Crippen LogP contribution in [0.1, 0.15) is 27.7 Å². The van der Waals surface area contributed by atoms with Crippen LogP contribution < -0.4 is 0 Å². The summed E-state index contributed by atoms with van der Waals surface area (Å²) in [5.74, 6) is 2.00. The van der Waals surface area contributed by atoms with Crippen LogP contribution in [-0.2, 0) is 0 Å². The fourth-order valence-corrected chi connectivity index (χ4v) is 1.84. The summed E-state index contributed by atoms with van der Waals surface area (Å²) in [6.07, 6.45) is 6.76. The lowest BCUT2D eigenvalue weighted by atomic mass is 9.82. The van der Waals surface area contributed by atoms with Crippen LogP contribution in [0.4, 0.5) is 0 Å². The van der Waals surface area contributed by atoms with Crippen molar-refractivity contribution in [1.82, 2.24) is 4.90 Å². The van der Waals surface area contributed by atoms with E-state index in [1.807, 2.05) is 0 Å². The van der Waals surface area contributed by atoms with E-state index < -0.39 is 0 Å². The minimum Gasteiger partial charge on any atom is -0.358 e. The summed E-state index contributed by atoms with van der Waals surface area (Å²) in [6.45, 7) is 9.12. The summed E-state index contributed by atoms with van der Waals surface area (Å²) < 4.78 is 0. The van der Waals surface area contributed by atoms with Crippen molar-refractivity contribution in [2.75, 3.05) is 7.05 Å². The van der Waals surface area contributed by atoms with Gasteiger partial charge >= 0.3 is 0 Å². The van der Waals surface area contributed by atoms with Gasteiger partial charge in [-0.15, -0.1) is 0 Å². The van der Waals surface area contributed by atoms with Crippen molar-refractivity contribution in [3.05, 3.63) is 24.0 Å². The van der Waals surface area contributed by atoms with E-state index in [0.717, 1.165) is 0 Å². The lowest BCUT2D eigenvalue weighted by Crippen LogP contribution is -2.20. The average Bonchev–Trinajstić information content (AvgIpc) is 2.03. The highest BCUT2D eigenvalue weighted by Gasteiger charge is 2.20. The summed E-state index contributed by atoms with van der Waals surface area (Å²) in [4.78, 5) is 2.15. The van der Waals surface area contributed by atoms with Gasteiger partial charge in [0.1, 0.15) is 0 Å². The van der Waals surface area contributed by atoms with Crippen molar-refractivity contribution in [2.24, 2.45) is 17.8 Å². The Morgan fingerprint density at radius 3 is 2.31 bits per heavy atom. The van der Waals surface area contributed by atoms with Crippen molar-refractivity contribution >= 4 is 0 Å². The quantitative estimate of drug-likeness (QED) is 0.629. The lowest BCUT2D eigenvalue weighted by molar-refractivity contribution is 0.443. The summed E-state index contributed by atoms with van der Waals surface area (Å²) in [6, 6.07) is 0. The molecule has 0 saturated carbocycles. The van der Waals surface area contributed by atoms with Crippen LogP contribution in [0.2, 0.25) is 0 Å². The molecule has 1 aliphatic heterocycles. The van der Waals surface area contributed by atoms with E-state index in [1.54, 1.807) is 5.57 Å². The summed E-state index contributed by atoms with van der Waals surface area (Å²) in [7, 11) is 2.09. The molecule has 0 aromatic heterocycles. The van der Waals surface area contributed by atoms with Gasteiger partial charge in [-0.3, -0.25) is 0 Å². The Kier molecular flexibility index (Phi) is 3.18. The predicted octanol–water partition coefficient (Wildman–Crippen LogP) is 3.26. The van der Waals surface area contributed by atoms with Crippen molar-refractivity contribution in [3.8, 4) is 0 Å². The Bertz CT molecular complexity index is 223. The van der Waals surface area contributed by atoms with Gasteiger partial charge < -0.3 is 4.90 Å². The third kappa shape index (κ3) is 2.36.